The normalized spacial score (nSPS) is 21.2. The molecule has 5 rings (SSSR count). The zero-order chi connectivity index (χ0) is 25.3. The number of halogens is 1. The monoisotopic (exact) mass is 611 g/mol. The van der Waals surface area contributed by atoms with Gasteiger partial charge in [-0.15, -0.1) is 0 Å². The van der Waals surface area contributed by atoms with Gasteiger partial charge in [0, 0.05) is 6.20 Å². The van der Waals surface area contributed by atoms with Gasteiger partial charge in [0.2, 0.25) is 0 Å². The Bertz CT molecular complexity index is 1480. The predicted molar refractivity (Wildman–Crippen MR) is 143 cm³/mol. The minimum absolute atomic E-state index is 0.0606. The van der Waals surface area contributed by atoms with Gasteiger partial charge < -0.3 is 0 Å². The summed E-state index contributed by atoms with van der Waals surface area (Å²) in [5.41, 5.74) is 6.92. The van der Waals surface area contributed by atoms with Gasteiger partial charge in [-0.3, -0.25) is 4.98 Å². The molecule has 2 atom stereocenters. The van der Waals surface area contributed by atoms with Crippen molar-refractivity contribution in [3.63, 3.8) is 0 Å². The van der Waals surface area contributed by atoms with Crippen LogP contribution in [0.2, 0.25) is 0 Å². The average molecular weight is 612 g/mol. The number of carbonyl (C=O) groups is 1. The minimum atomic E-state index is -2.76. The molecule has 0 bridgehead atoms. The number of alkyl halides is 2. The summed E-state index contributed by atoms with van der Waals surface area (Å²) in [5.74, 6) is 0.252. The number of carbonyl (C=O) groups excluding carboxylic acids is 1. The molecule has 8 heteroatoms. The number of aryl methyl sites for hydroxylation is 1. The zero-order valence-electron chi connectivity index (χ0n) is 20.0. The third kappa shape index (κ3) is 5.39. The van der Waals surface area contributed by atoms with E-state index in [4.69, 9.17) is 4.78 Å². The molecule has 2 unspecified atom stereocenters. The number of nitrogens with one attached hydrogen (secondary N) is 2. The standard InChI is InChI=1S/C28H28IN4O2S/c1-19(9-12-27-20(2)6-4-13-31-27)21-7-3-8-22(16-21)32-28(34)24-11-10-23(17-25(24)26-18-29-26)33-14-5-15-36(33,30)35/h3-4,6-13,16-17,26,30H,1,5,14-15,18H2,2H3,(H,32,34)/q-1/b12-9-. The molecule has 3 heterocycles. The van der Waals surface area contributed by atoms with E-state index >= 15 is 0 Å². The van der Waals surface area contributed by atoms with Gasteiger partial charge in [-0.25, -0.2) is 0 Å². The van der Waals surface area contributed by atoms with Crippen LogP contribution in [0, 0.1) is 11.7 Å². The van der Waals surface area contributed by atoms with E-state index in [-0.39, 0.29) is 27.1 Å². The molecule has 0 radical (unpaired) electrons. The van der Waals surface area contributed by atoms with Crippen LogP contribution in [0.3, 0.4) is 0 Å². The number of anilines is 2. The fraction of sp³-hybridized carbons (Fsp3) is 0.214. The van der Waals surface area contributed by atoms with Gasteiger partial charge in [0.15, 0.2) is 0 Å². The van der Waals surface area contributed by atoms with Crippen molar-refractivity contribution in [1.82, 2.24) is 4.98 Å². The first-order valence-electron chi connectivity index (χ1n) is 11.8. The van der Waals surface area contributed by atoms with Crippen molar-refractivity contribution in [1.29, 1.82) is 4.78 Å². The number of allylic oxidation sites excluding steroid dienone is 2. The topological polar surface area (TPSA) is 86.2 Å². The van der Waals surface area contributed by atoms with Gasteiger partial charge in [-0.2, -0.15) is 0 Å². The van der Waals surface area contributed by atoms with Crippen molar-refractivity contribution >= 4 is 38.8 Å². The molecule has 6 nitrogen and oxygen atoms in total. The van der Waals surface area contributed by atoms with Gasteiger partial charge in [-0.05, 0) is 18.6 Å². The van der Waals surface area contributed by atoms with Crippen LogP contribution in [0.4, 0.5) is 11.4 Å². The summed E-state index contributed by atoms with van der Waals surface area (Å²) < 4.78 is 24.1. The molecule has 2 aliphatic rings. The second-order valence-electron chi connectivity index (χ2n) is 8.95. The molecule has 2 saturated heterocycles. The molecule has 2 aromatic carbocycles. The van der Waals surface area contributed by atoms with E-state index in [1.807, 2.05) is 73.7 Å². The van der Waals surface area contributed by atoms with Crippen LogP contribution in [0.5, 0.6) is 0 Å². The summed E-state index contributed by atoms with van der Waals surface area (Å²) in [6.07, 6.45) is 6.42. The van der Waals surface area contributed by atoms with Gasteiger partial charge in [0.25, 0.3) is 0 Å². The first kappa shape index (κ1) is 24.7. The molecule has 186 valence electrons. The Morgan fingerprint density at radius 1 is 1.25 bits per heavy atom. The molecule has 2 N–H and O–H groups in total. The summed E-state index contributed by atoms with van der Waals surface area (Å²) in [4.78, 5) is 17.7. The van der Waals surface area contributed by atoms with E-state index in [0.29, 0.717) is 27.5 Å². The molecular weight excluding hydrogens is 583 g/mol. The van der Waals surface area contributed by atoms with Crippen LogP contribution in [0.15, 0.2) is 73.4 Å². The zero-order valence-corrected chi connectivity index (χ0v) is 23.0. The second kappa shape index (κ2) is 10.2. The van der Waals surface area contributed by atoms with Gasteiger partial charge >= 0.3 is 188 Å². The summed E-state index contributed by atoms with van der Waals surface area (Å²) in [6.45, 7) is 6.83. The SMILES string of the molecule is C=C(/C=C\c1ncccc1C)c1cccc(NC(=O)c2ccc(N3CCCS3(=N)=O)cc2C2C[I-]2)c1. The fourth-order valence-electron chi connectivity index (χ4n) is 4.29. The molecule has 0 aliphatic carbocycles. The average Bonchev–Trinajstić information content (AvgIpc) is 3.65. The molecular formula is C28H28IN4O2S-. The van der Waals surface area contributed by atoms with Gasteiger partial charge in [-0.1, -0.05) is 6.07 Å². The maximum absolute atomic E-state index is 13.3. The molecule has 0 saturated carbocycles. The Labute approximate surface area is 222 Å². The van der Waals surface area contributed by atoms with Crippen molar-refractivity contribution < 1.29 is 30.2 Å². The van der Waals surface area contributed by atoms with Gasteiger partial charge in [0.1, 0.15) is 0 Å². The Balaban J connectivity index is 1.34. The van der Waals surface area contributed by atoms with Crippen LogP contribution >= 0.6 is 0 Å². The second-order valence-corrected chi connectivity index (χ2v) is 14.3. The number of hydrogen-bond acceptors (Lipinski definition) is 4. The van der Waals surface area contributed by atoms with Crippen LogP contribution in [-0.4, -0.2) is 31.8 Å². The van der Waals surface area contributed by atoms with E-state index in [1.54, 1.807) is 10.5 Å². The number of amides is 1. The Morgan fingerprint density at radius 2 is 2.08 bits per heavy atom. The number of rotatable bonds is 7. The maximum atomic E-state index is 13.3. The van der Waals surface area contributed by atoms with E-state index in [2.05, 4.69) is 16.9 Å². The summed E-state index contributed by atoms with van der Waals surface area (Å²) >= 11 is 0.0606. The third-order valence-electron chi connectivity index (χ3n) is 6.34. The van der Waals surface area contributed by atoms with Crippen molar-refractivity contribution in [2.24, 2.45) is 0 Å². The summed E-state index contributed by atoms with van der Waals surface area (Å²) in [7, 11) is -2.76. The predicted octanol–water partition coefficient (Wildman–Crippen LogP) is 2.68. The molecule has 2 aliphatic heterocycles. The van der Waals surface area contributed by atoms with Crippen LogP contribution in [0.1, 0.15) is 43.1 Å². The van der Waals surface area contributed by atoms with Crippen molar-refractivity contribution in [3.05, 3.63) is 101 Å². The van der Waals surface area contributed by atoms with Crippen molar-refractivity contribution in [3.8, 4) is 0 Å². The molecule has 36 heavy (non-hydrogen) atoms. The van der Waals surface area contributed by atoms with E-state index in [9.17, 15) is 9.00 Å². The first-order chi connectivity index (χ1) is 17.3. The van der Waals surface area contributed by atoms with Gasteiger partial charge in [0.05, 0.1) is 0 Å². The summed E-state index contributed by atoms with van der Waals surface area (Å²) in [6, 6.07) is 17.3. The van der Waals surface area contributed by atoms with Crippen molar-refractivity contribution in [2.45, 2.75) is 17.3 Å². The number of aromatic nitrogens is 1. The number of pyridine rings is 1. The quantitative estimate of drug-likeness (QED) is 0.245. The number of hydrogen-bond donors (Lipinski definition) is 2. The van der Waals surface area contributed by atoms with E-state index < -0.39 is 9.92 Å². The third-order valence-corrected chi connectivity index (χ3v) is 10.7. The molecule has 2 fully saturated rings. The number of benzene rings is 2. The fourth-order valence-corrected chi connectivity index (χ4v) is 7.62. The molecule has 0 spiro atoms. The Hall–Kier alpha value is -2.98. The van der Waals surface area contributed by atoms with Crippen molar-refractivity contribution in [2.75, 3.05) is 26.3 Å². The first-order valence-corrected chi connectivity index (χ1v) is 16.2. The Kier molecular flexibility index (Phi) is 6.98. The van der Waals surface area contributed by atoms with E-state index in [0.717, 1.165) is 44.5 Å². The summed E-state index contributed by atoms with van der Waals surface area (Å²) in [5, 5.41) is 3.05. The van der Waals surface area contributed by atoms with E-state index in [1.165, 1.54) is 0 Å². The molecule has 1 aromatic heterocycles. The molecule has 3 aromatic rings. The Morgan fingerprint density at radius 3 is 2.81 bits per heavy atom. The molecule has 1 amide bonds. The van der Waals surface area contributed by atoms with Crippen LogP contribution < -0.4 is 30.8 Å². The van der Waals surface area contributed by atoms with Crippen LogP contribution in [-0.2, 0) is 9.92 Å². The van der Waals surface area contributed by atoms with Crippen LogP contribution in [0.25, 0.3) is 11.6 Å². The number of nitrogens with zero attached hydrogens (tertiary/aromatic N) is 2.